The van der Waals surface area contributed by atoms with Gasteiger partial charge >= 0.3 is 17.9 Å². The van der Waals surface area contributed by atoms with Crippen LogP contribution in [-0.4, -0.2) is 35.7 Å². The van der Waals surface area contributed by atoms with Crippen molar-refractivity contribution in [1.29, 1.82) is 0 Å². The summed E-state index contributed by atoms with van der Waals surface area (Å²) >= 11 is 0. The summed E-state index contributed by atoms with van der Waals surface area (Å²) in [7, 11) is 0. The van der Waals surface area contributed by atoms with E-state index >= 15 is 0 Å². The molecular formula is C18H20O6. The van der Waals surface area contributed by atoms with Crippen molar-refractivity contribution in [1.82, 2.24) is 0 Å². The van der Waals surface area contributed by atoms with E-state index in [4.69, 9.17) is 14.2 Å². The third kappa shape index (κ3) is 1.18. The van der Waals surface area contributed by atoms with Gasteiger partial charge in [-0.2, -0.15) is 0 Å². The Labute approximate surface area is 139 Å². The quantitative estimate of drug-likeness (QED) is 0.494. The molecule has 3 aliphatic heterocycles. The first-order valence-electron chi connectivity index (χ1n) is 8.51. The highest BCUT2D eigenvalue weighted by Crippen LogP contribution is 2.75. The Morgan fingerprint density at radius 1 is 1.12 bits per heavy atom. The third-order valence-electron chi connectivity index (χ3n) is 7.00. The first-order valence-corrected chi connectivity index (χ1v) is 8.51. The van der Waals surface area contributed by atoms with E-state index < -0.39 is 35.0 Å². The van der Waals surface area contributed by atoms with E-state index in [-0.39, 0.29) is 23.4 Å². The summed E-state index contributed by atoms with van der Waals surface area (Å²) in [5.74, 6) is -1.60. The maximum atomic E-state index is 12.8. The van der Waals surface area contributed by atoms with Crippen LogP contribution >= 0.6 is 0 Å². The van der Waals surface area contributed by atoms with Gasteiger partial charge < -0.3 is 14.2 Å². The van der Waals surface area contributed by atoms with Gasteiger partial charge in [0.1, 0.15) is 12.2 Å². The number of hydrogen-bond donors (Lipinski definition) is 0. The van der Waals surface area contributed by atoms with E-state index in [1.807, 2.05) is 0 Å². The number of esters is 3. The SMILES string of the molecule is CC1=C2C(C[C@@]34[C@H]5C[C@@H](C(C)(C)C)[C@@H]3C(=O)O[C@@]24C(=O)O5)OC1=O. The molecule has 5 rings (SSSR count). The minimum absolute atomic E-state index is 0.0698. The summed E-state index contributed by atoms with van der Waals surface area (Å²) in [5.41, 5.74) is -1.35. The van der Waals surface area contributed by atoms with Crippen LogP contribution in [-0.2, 0) is 28.6 Å². The first-order chi connectivity index (χ1) is 11.1. The molecule has 2 saturated carbocycles. The van der Waals surface area contributed by atoms with E-state index in [1.54, 1.807) is 6.92 Å². The van der Waals surface area contributed by atoms with Crippen LogP contribution in [0, 0.1) is 22.7 Å². The second-order valence-electron chi connectivity index (χ2n) is 8.86. The average molecular weight is 332 g/mol. The Kier molecular flexibility index (Phi) is 2.24. The van der Waals surface area contributed by atoms with Gasteiger partial charge in [0.2, 0.25) is 5.60 Å². The number of fused-ring (bicyclic) bond motifs is 1. The molecule has 4 fully saturated rings. The number of ether oxygens (including phenoxy) is 3. The van der Waals surface area contributed by atoms with Gasteiger partial charge in [0.15, 0.2) is 0 Å². The van der Waals surface area contributed by atoms with Crippen LogP contribution in [0.15, 0.2) is 11.1 Å². The van der Waals surface area contributed by atoms with E-state index in [2.05, 4.69) is 20.8 Å². The molecular weight excluding hydrogens is 312 g/mol. The summed E-state index contributed by atoms with van der Waals surface area (Å²) in [5, 5.41) is 0. The lowest BCUT2D eigenvalue weighted by molar-refractivity contribution is -0.165. The van der Waals surface area contributed by atoms with Crippen molar-refractivity contribution >= 4 is 17.9 Å². The summed E-state index contributed by atoms with van der Waals surface area (Å²) in [6, 6.07) is 0. The minimum Gasteiger partial charge on any atom is -0.458 e. The highest BCUT2D eigenvalue weighted by Gasteiger charge is 2.89. The Morgan fingerprint density at radius 2 is 1.83 bits per heavy atom. The van der Waals surface area contributed by atoms with Crippen molar-refractivity contribution in [2.45, 2.75) is 58.3 Å². The molecule has 0 N–H and O–H groups in total. The Bertz CT molecular complexity index is 758. The summed E-state index contributed by atoms with van der Waals surface area (Å²) in [6.45, 7) is 7.95. The zero-order valence-corrected chi connectivity index (χ0v) is 14.2. The molecule has 0 bridgehead atoms. The molecule has 0 aromatic rings. The van der Waals surface area contributed by atoms with Crippen LogP contribution in [0.1, 0.15) is 40.5 Å². The van der Waals surface area contributed by atoms with Gasteiger partial charge in [-0.1, -0.05) is 20.8 Å². The van der Waals surface area contributed by atoms with E-state index in [1.165, 1.54) is 0 Å². The standard InChI is InChI=1S/C18H20O6/c1-7-11-9(22-13(7)19)6-17-10-5-8(16(2,3)4)12(17)14(20)24-18(11,17)15(21)23-10/h8-10,12H,5-6H2,1-4H3/t8-,9?,10-,12-,17-,18-/m1/s1. The molecule has 6 nitrogen and oxygen atoms in total. The first kappa shape index (κ1) is 14.5. The molecule has 0 radical (unpaired) electrons. The predicted octanol–water partition coefficient (Wildman–Crippen LogP) is 1.52. The second-order valence-corrected chi connectivity index (χ2v) is 8.86. The zero-order chi connectivity index (χ0) is 17.2. The summed E-state index contributed by atoms with van der Waals surface area (Å²) < 4.78 is 17.0. The van der Waals surface area contributed by atoms with E-state index in [0.29, 0.717) is 24.0 Å². The van der Waals surface area contributed by atoms with Gasteiger partial charge in [0.05, 0.1) is 11.3 Å². The fourth-order valence-electron chi connectivity index (χ4n) is 6.10. The smallest absolute Gasteiger partial charge is 0.356 e. The van der Waals surface area contributed by atoms with Crippen LogP contribution in [0.4, 0.5) is 0 Å². The van der Waals surface area contributed by atoms with Gasteiger partial charge in [-0.3, -0.25) is 4.79 Å². The highest BCUT2D eigenvalue weighted by molar-refractivity contribution is 6.03. The largest absolute Gasteiger partial charge is 0.458 e. The predicted molar refractivity (Wildman–Crippen MR) is 79.4 cm³/mol. The van der Waals surface area contributed by atoms with Crippen LogP contribution in [0.5, 0.6) is 0 Å². The lowest BCUT2D eigenvalue weighted by atomic mass is 9.64. The van der Waals surface area contributed by atoms with Crippen LogP contribution in [0.2, 0.25) is 0 Å². The molecule has 0 aromatic carbocycles. The molecule has 1 spiro atoms. The molecule has 5 aliphatic rings. The molecule has 2 aliphatic carbocycles. The number of carbonyl (C=O) groups excluding carboxylic acids is 3. The zero-order valence-electron chi connectivity index (χ0n) is 14.2. The average Bonchev–Trinajstić information content (AvgIpc) is 3.12. The Hall–Kier alpha value is -1.85. The number of hydrogen-bond acceptors (Lipinski definition) is 6. The minimum atomic E-state index is -1.44. The van der Waals surface area contributed by atoms with Crippen LogP contribution in [0.3, 0.4) is 0 Å². The van der Waals surface area contributed by atoms with Gasteiger partial charge in [-0.25, -0.2) is 9.59 Å². The monoisotopic (exact) mass is 332 g/mol. The maximum absolute atomic E-state index is 12.8. The number of carbonyl (C=O) groups is 3. The fourth-order valence-corrected chi connectivity index (χ4v) is 6.10. The van der Waals surface area contributed by atoms with Crippen molar-refractivity contribution in [2.75, 3.05) is 0 Å². The van der Waals surface area contributed by atoms with Gasteiger partial charge in [0.25, 0.3) is 0 Å². The maximum Gasteiger partial charge on any atom is 0.356 e. The normalized spacial score (nSPS) is 48.2. The van der Waals surface area contributed by atoms with E-state index in [9.17, 15) is 14.4 Å². The lowest BCUT2D eigenvalue weighted by Gasteiger charge is -2.33. The molecule has 0 aromatic heterocycles. The topological polar surface area (TPSA) is 78.9 Å². The molecule has 1 unspecified atom stereocenters. The van der Waals surface area contributed by atoms with Crippen molar-refractivity contribution in [3.05, 3.63) is 11.1 Å². The molecule has 3 heterocycles. The summed E-state index contributed by atoms with van der Waals surface area (Å²) in [4.78, 5) is 37.7. The lowest BCUT2D eigenvalue weighted by Crippen LogP contribution is -2.47. The van der Waals surface area contributed by atoms with Crippen molar-refractivity contribution < 1.29 is 28.6 Å². The Morgan fingerprint density at radius 3 is 2.50 bits per heavy atom. The van der Waals surface area contributed by atoms with Gasteiger partial charge in [-0.05, 0) is 24.7 Å². The van der Waals surface area contributed by atoms with Crippen LogP contribution < -0.4 is 0 Å². The number of rotatable bonds is 0. The second kappa shape index (κ2) is 3.70. The van der Waals surface area contributed by atoms with Crippen molar-refractivity contribution in [2.24, 2.45) is 22.7 Å². The molecule has 128 valence electrons. The van der Waals surface area contributed by atoms with Crippen molar-refractivity contribution in [3.63, 3.8) is 0 Å². The highest BCUT2D eigenvalue weighted by atomic mass is 16.6. The van der Waals surface area contributed by atoms with E-state index in [0.717, 1.165) is 0 Å². The fraction of sp³-hybridized carbons (Fsp3) is 0.722. The third-order valence-corrected chi connectivity index (χ3v) is 7.00. The molecule has 6 heteroatoms. The van der Waals surface area contributed by atoms with Crippen LogP contribution in [0.25, 0.3) is 0 Å². The Balaban J connectivity index is 1.78. The molecule has 0 amide bonds. The molecule has 24 heavy (non-hydrogen) atoms. The van der Waals surface area contributed by atoms with Gasteiger partial charge in [-0.15, -0.1) is 0 Å². The molecule has 6 atom stereocenters. The van der Waals surface area contributed by atoms with Gasteiger partial charge in [0, 0.05) is 17.6 Å². The van der Waals surface area contributed by atoms with Crippen molar-refractivity contribution in [3.8, 4) is 0 Å². The molecule has 2 saturated heterocycles. The summed E-state index contributed by atoms with van der Waals surface area (Å²) in [6.07, 6.45) is 0.270.